The van der Waals surface area contributed by atoms with Crippen molar-refractivity contribution >= 4 is 21.2 Å². The van der Waals surface area contributed by atoms with Gasteiger partial charge in [-0.25, -0.2) is 4.39 Å². The number of oxazole rings is 1. The standard InChI is InChI=1S/C12H14FNO4S/c1-9-14(6-2-3-7-19(15,16)17)11-8-10(13)4-5-12(11)18-9/h4-5,8H,2-3,6-7H2,1H3/p+1. The Morgan fingerprint density at radius 3 is 2.79 bits per heavy atom. The minimum atomic E-state index is -3.92. The Balaban J connectivity index is 2.12. The molecule has 0 spiro atoms. The molecule has 0 aliphatic rings. The number of aromatic nitrogens is 1. The molecule has 7 heteroatoms. The first kappa shape index (κ1) is 14.0. The Morgan fingerprint density at radius 1 is 1.37 bits per heavy atom. The number of hydrogen-bond acceptors (Lipinski definition) is 3. The summed E-state index contributed by atoms with van der Waals surface area (Å²) in [5.74, 6) is 0.0176. The highest BCUT2D eigenvalue weighted by Gasteiger charge is 2.19. The molecule has 0 aliphatic heterocycles. The van der Waals surface area contributed by atoms with Gasteiger partial charge >= 0.3 is 5.89 Å². The SMILES string of the molecule is Cc1oc2ccc(F)cc2[n+]1CCCCS(=O)(=O)O. The molecule has 1 N–H and O–H groups in total. The maximum absolute atomic E-state index is 13.2. The van der Waals surface area contributed by atoms with Crippen LogP contribution in [0.15, 0.2) is 22.6 Å². The molecular formula is C12H15FNO4S+. The largest absolute Gasteiger partial charge is 0.402 e. The summed E-state index contributed by atoms with van der Waals surface area (Å²) in [6.45, 7) is 2.28. The number of nitrogens with zero attached hydrogens (tertiary/aromatic N) is 1. The van der Waals surface area contributed by atoms with Crippen molar-refractivity contribution in [3.8, 4) is 0 Å². The van der Waals surface area contributed by atoms with Crippen molar-refractivity contribution in [1.82, 2.24) is 0 Å². The molecule has 1 heterocycles. The van der Waals surface area contributed by atoms with Crippen LogP contribution in [0, 0.1) is 12.7 Å². The van der Waals surface area contributed by atoms with E-state index >= 15 is 0 Å². The Bertz CT molecular complexity index is 693. The van der Waals surface area contributed by atoms with Crippen LogP contribution in [0.25, 0.3) is 11.1 Å². The summed E-state index contributed by atoms with van der Waals surface area (Å²) in [6.07, 6.45) is 0.893. The van der Waals surface area contributed by atoms with Crippen molar-refractivity contribution in [1.29, 1.82) is 0 Å². The van der Waals surface area contributed by atoms with Crippen LogP contribution in [-0.2, 0) is 16.7 Å². The summed E-state index contributed by atoms with van der Waals surface area (Å²) in [4.78, 5) is 0. The molecule has 1 aromatic carbocycles. The van der Waals surface area contributed by atoms with E-state index in [0.717, 1.165) is 0 Å². The molecule has 0 saturated carbocycles. The van der Waals surface area contributed by atoms with Crippen molar-refractivity contribution < 1.29 is 26.3 Å². The number of halogens is 1. The lowest BCUT2D eigenvalue weighted by atomic mass is 10.3. The second kappa shape index (κ2) is 5.26. The predicted octanol–water partition coefficient (Wildman–Crippen LogP) is 1.84. The molecular weight excluding hydrogens is 273 g/mol. The summed E-state index contributed by atoms with van der Waals surface area (Å²) < 4.78 is 50.3. The first-order chi connectivity index (χ1) is 8.87. The Morgan fingerprint density at radius 2 is 2.11 bits per heavy atom. The smallest absolute Gasteiger partial charge is 0.344 e. The van der Waals surface area contributed by atoms with Gasteiger partial charge in [-0.2, -0.15) is 13.0 Å². The van der Waals surface area contributed by atoms with Crippen LogP contribution in [0.2, 0.25) is 0 Å². The minimum Gasteiger partial charge on any atom is -0.402 e. The maximum atomic E-state index is 13.2. The summed E-state index contributed by atoms with van der Waals surface area (Å²) in [7, 11) is -3.92. The van der Waals surface area contributed by atoms with Gasteiger partial charge in [-0.05, 0) is 18.6 Å². The molecule has 2 aromatic rings. The summed E-state index contributed by atoms with van der Waals surface area (Å²) in [6, 6.07) is 4.27. The first-order valence-electron chi connectivity index (χ1n) is 5.90. The van der Waals surface area contributed by atoms with Crippen molar-refractivity contribution in [2.75, 3.05) is 5.75 Å². The second-order valence-electron chi connectivity index (χ2n) is 4.38. The van der Waals surface area contributed by atoms with E-state index in [4.69, 9.17) is 8.97 Å². The number of rotatable bonds is 5. The van der Waals surface area contributed by atoms with Crippen molar-refractivity contribution in [2.24, 2.45) is 0 Å². The average Bonchev–Trinajstić information content (AvgIpc) is 2.59. The van der Waals surface area contributed by atoms with Crippen molar-refractivity contribution in [2.45, 2.75) is 26.3 Å². The van der Waals surface area contributed by atoms with Gasteiger partial charge in [0.15, 0.2) is 6.54 Å². The molecule has 0 radical (unpaired) electrons. The lowest BCUT2D eigenvalue weighted by Gasteiger charge is -1.96. The number of benzene rings is 1. The number of aryl methyl sites for hydroxylation is 2. The van der Waals surface area contributed by atoms with Crippen LogP contribution in [0.1, 0.15) is 18.7 Å². The normalized spacial score (nSPS) is 12.2. The second-order valence-corrected chi connectivity index (χ2v) is 5.95. The van der Waals surface area contributed by atoms with Crippen LogP contribution in [-0.4, -0.2) is 18.7 Å². The highest BCUT2D eigenvalue weighted by atomic mass is 32.2. The molecule has 0 unspecified atom stereocenters. The Kier molecular flexibility index (Phi) is 3.86. The summed E-state index contributed by atoms with van der Waals surface area (Å²) in [5, 5.41) is 0. The van der Waals surface area contributed by atoms with Crippen LogP contribution in [0.5, 0.6) is 0 Å². The number of hydrogen-bond donors (Lipinski definition) is 1. The van der Waals surface area contributed by atoms with E-state index in [1.807, 2.05) is 0 Å². The molecule has 0 saturated heterocycles. The third-order valence-electron chi connectivity index (χ3n) is 2.88. The van der Waals surface area contributed by atoms with E-state index in [1.54, 1.807) is 17.6 Å². The number of unbranched alkanes of at least 4 members (excludes halogenated alkanes) is 1. The zero-order valence-corrected chi connectivity index (χ0v) is 11.3. The van der Waals surface area contributed by atoms with E-state index in [9.17, 15) is 12.8 Å². The van der Waals surface area contributed by atoms with Gasteiger partial charge < -0.3 is 4.42 Å². The highest BCUT2D eigenvalue weighted by molar-refractivity contribution is 7.85. The van der Waals surface area contributed by atoms with Crippen molar-refractivity contribution in [3.05, 3.63) is 29.9 Å². The average molecular weight is 288 g/mol. The molecule has 0 amide bonds. The van der Waals surface area contributed by atoms with Crippen LogP contribution in [0.4, 0.5) is 4.39 Å². The van der Waals surface area contributed by atoms with E-state index < -0.39 is 10.1 Å². The fourth-order valence-electron chi connectivity index (χ4n) is 2.00. The quantitative estimate of drug-likeness (QED) is 0.517. The molecule has 2 rings (SSSR count). The van der Waals surface area contributed by atoms with Gasteiger partial charge in [0.1, 0.15) is 5.82 Å². The van der Waals surface area contributed by atoms with Gasteiger partial charge in [0.2, 0.25) is 5.58 Å². The topological polar surface area (TPSA) is 71.4 Å². The maximum Gasteiger partial charge on any atom is 0.344 e. The van der Waals surface area contributed by atoms with E-state index in [-0.39, 0.29) is 11.6 Å². The molecule has 1 aromatic heterocycles. The molecule has 0 aliphatic carbocycles. The van der Waals surface area contributed by atoms with Crippen LogP contribution < -0.4 is 4.57 Å². The Labute approximate surface area is 110 Å². The molecule has 0 bridgehead atoms. The van der Waals surface area contributed by atoms with Gasteiger partial charge in [0.25, 0.3) is 15.6 Å². The highest BCUT2D eigenvalue weighted by Crippen LogP contribution is 2.15. The van der Waals surface area contributed by atoms with Crippen LogP contribution in [0.3, 0.4) is 0 Å². The monoisotopic (exact) mass is 288 g/mol. The Hall–Kier alpha value is -1.47. The molecule has 104 valence electrons. The van der Waals surface area contributed by atoms with Gasteiger partial charge in [-0.3, -0.25) is 4.55 Å². The fraction of sp³-hybridized carbons (Fsp3) is 0.417. The van der Waals surface area contributed by atoms with Gasteiger partial charge in [-0.15, -0.1) is 0 Å². The summed E-state index contributed by atoms with van der Waals surface area (Å²) in [5.41, 5.74) is 1.23. The van der Waals surface area contributed by atoms with Gasteiger partial charge in [0, 0.05) is 12.5 Å². The van der Waals surface area contributed by atoms with Crippen LogP contribution >= 0.6 is 0 Å². The van der Waals surface area contributed by atoms with E-state index in [2.05, 4.69) is 0 Å². The third kappa shape index (κ3) is 3.51. The molecule has 19 heavy (non-hydrogen) atoms. The van der Waals surface area contributed by atoms with Crippen molar-refractivity contribution in [3.63, 3.8) is 0 Å². The van der Waals surface area contributed by atoms with Gasteiger partial charge in [0.05, 0.1) is 12.7 Å². The van der Waals surface area contributed by atoms with E-state index in [0.29, 0.717) is 36.4 Å². The van der Waals surface area contributed by atoms with E-state index in [1.165, 1.54) is 12.1 Å². The zero-order chi connectivity index (χ0) is 14.0. The summed E-state index contributed by atoms with van der Waals surface area (Å²) >= 11 is 0. The lowest BCUT2D eigenvalue weighted by Crippen LogP contribution is -2.35. The third-order valence-corrected chi connectivity index (χ3v) is 3.69. The first-order valence-corrected chi connectivity index (χ1v) is 7.51. The zero-order valence-electron chi connectivity index (χ0n) is 10.5. The lowest BCUT2D eigenvalue weighted by molar-refractivity contribution is -0.683. The fourth-order valence-corrected chi connectivity index (χ4v) is 2.57. The predicted molar refractivity (Wildman–Crippen MR) is 66.8 cm³/mol. The molecule has 0 fully saturated rings. The number of fused-ring (bicyclic) bond motifs is 1. The minimum absolute atomic E-state index is 0.267. The van der Waals surface area contributed by atoms with Gasteiger partial charge in [-0.1, -0.05) is 0 Å². The molecule has 5 nitrogen and oxygen atoms in total. The molecule has 0 atom stereocenters.